The summed E-state index contributed by atoms with van der Waals surface area (Å²) in [6.45, 7) is 5.02. The average Bonchev–Trinajstić information content (AvgIpc) is 2.70. The van der Waals surface area contributed by atoms with Crippen molar-refractivity contribution in [2.24, 2.45) is 5.92 Å². The predicted molar refractivity (Wildman–Crippen MR) is 84.4 cm³/mol. The topological polar surface area (TPSA) is 30.7 Å². The summed E-state index contributed by atoms with van der Waals surface area (Å²) in [6.07, 6.45) is 5.51. The molecule has 0 aliphatic heterocycles. The van der Waals surface area contributed by atoms with Gasteiger partial charge >= 0.3 is 0 Å². The minimum Gasteiger partial charge on any atom is -0.325 e. The SMILES string of the molecule is CSCC(C)Cn1c(C(C)Cl)nc2cncc(Cl)c21. The van der Waals surface area contributed by atoms with E-state index >= 15 is 0 Å². The van der Waals surface area contributed by atoms with E-state index in [0.29, 0.717) is 10.9 Å². The molecule has 0 radical (unpaired) electrons. The highest BCUT2D eigenvalue weighted by Crippen LogP contribution is 2.29. The van der Waals surface area contributed by atoms with Crippen LogP contribution in [0.2, 0.25) is 5.02 Å². The van der Waals surface area contributed by atoms with Gasteiger partial charge in [0.25, 0.3) is 0 Å². The van der Waals surface area contributed by atoms with Gasteiger partial charge in [-0.05, 0) is 24.9 Å². The minimum atomic E-state index is -0.148. The minimum absolute atomic E-state index is 0.148. The largest absolute Gasteiger partial charge is 0.325 e. The van der Waals surface area contributed by atoms with Gasteiger partial charge in [-0.1, -0.05) is 18.5 Å². The zero-order valence-electron chi connectivity index (χ0n) is 11.2. The predicted octanol–water partition coefficient (Wildman–Crippen LogP) is 4.38. The Balaban J connectivity index is 2.51. The monoisotopic (exact) mass is 317 g/mol. The molecule has 2 aromatic rings. The third kappa shape index (κ3) is 3.18. The van der Waals surface area contributed by atoms with E-state index in [4.69, 9.17) is 23.2 Å². The second kappa shape index (κ2) is 6.33. The first-order valence-corrected chi connectivity index (χ1v) is 8.38. The van der Waals surface area contributed by atoms with Crippen molar-refractivity contribution in [2.45, 2.75) is 25.8 Å². The standard InChI is InChI=1S/C13H17Cl2N3S/c1-8(7-19-3)6-18-12-10(15)4-16-5-11(12)17-13(18)9(2)14/h4-5,8-9H,6-7H2,1-3H3. The van der Waals surface area contributed by atoms with E-state index < -0.39 is 0 Å². The summed E-state index contributed by atoms with van der Waals surface area (Å²) in [6, 6.07) is 0. The molecule has 2 atom stereocenters. The summed E-state index contributed by atoms with van der Waals surface area (Å²) in [5, 5.41) is 0.481. The molecule has 0 N–H and O–H groups in total. The smallest absolute Gasteiger partial charge is 0.127 e. The molecule has 0 saturated heterocycles. The summed E-state index contributed by atoms with van der Waals surface area (Å²) in [5.74, 6) is 2.49. The number of imidazole rings is 1. The number of thioether (sulfide) groups is 1. The molecule has 104 valence electrons. The van der Waals surface area contributed by atoms with E-state index in [1.807, 2.05) is 18.7 Å². The molecule has 0 fully saturated rings. The van der Waals surface area contributed by atoms with Crippen LogP contribution < -0.4 is 0 Å². The van der Waals surface area contributed by atoms with Gasteiger partial charge in [-0.25, -0.2) is 4.98 Å². The van der Waals surface area contributed by atoms with E-state index in [9.17, 15) is 0 Å². The maximum Gasteiger partial charge on any atom is 0.127 e. The van der Waals surface area contributed by atoms with Crippen molar-refractivity contribution in [3.8, 4) is 0 Å². The van der Waals surface area contributed by atoms with Crippen LogP contribution in [-0.4, -0.2) is 26.5 Å². The molecular formula is C13H17Cl2N3S. The van der Waals surface area contributed by atoms with Crippen molar-refractivity contribution >= 4 is 46.0 Å². The lowest BCUT2D eigenvalue weighted by Gasteiger charge is -2.15. The molecule has 2 aromatic heterocycles. The van der Waals surface area contributed by atoms with Crippen LogP contribution in [0.4, 0.5) is 0 Å². The molecule has 2 rings (SSSR count). The van der Waals surface area contributed by atoms with Crippen molar-refractivity contribution < 1.29 is 0 Å². The molecular weight excluding hydrogens is 301 g/mol. The van der Waals surface area contributed by atoms with Crippen molar-refractivity contribution in [1.29, 1.82) is 0 Å². The number of fused-ring (bicyclic) bond motifs is 1. The molecule has 0 aliphatic carbocycles. The van der Waals surface area contributed by atoms with Gasteiger partial charge in [-0.3, -0.25) is 4.98 Å². The fourth-order valence-electron chi connectivity index (χ4n) is 2.20. The maximum absolute atomic E-state index is 6.27. The van der Waals surface area contributed by atoms with Gasteiger partial charge in [0.1, 0.15) is 11.3 Å². The van der Waals surface area contributed by atoms with Crippen molar-refractivity contribution in [3.63, 3.8) is 0 Å². The highest BCUT2D eigenvalue weighted by Gasteiger charge is 2.18. The Hall–Kier alpha value is -0.450. The Morgan fingerprint density at radius 2 is 2.11 bits per heavy atom. The molecule has 0 spiro atoms. The molecule has 6 heteroatoms. The third-order valence-corrected chi connectivity index (χ3v) is 4.31. The number of rotatable bonds is 5. The fraction of sp³-hybridized carbons (Fsp3) is 0.538. The summed E-state index contributed by atoms with van der Waals surface area (Å²) in [4.78, 5) is 8.65. The highest BCUT2D eigenvalue weighted by atomic mass is 35.5. The average molecular weight is 318 g/mol. The molecule has 0 aliphatic rings. The molecule has 0 amide bonds. The zero-order chi connectivity index (χ0) is 14.0. The van der Waals surface area contributed by atoms with Gasteiger partial charge < -0.3 is 4.57 Å². The number of aromatic nitrogens is 3. The Kier molecular flexibility index (Phi) is 4.98. The fourth-order valence-corrected chi connectivity index (χ4v) is 3.30. The van der Waals surface area contributed by atoms with Crippen LogP contribution >= 0.6 is 35.0 Å². The quantitative estimate of drug-likeness (QED) is 0.766. The van der Waals surface area contributed by atoms with Crippen LogP contribution in [0.15, 0.2) is 12.4 Å². The molecule has 2 heterocycles. The summed E-state index contributed by atoms with van der Waals surface area (Å²) < 4.78 is 2.14. The van der Waals surface area contributed by atoms with Crippen molar-refractivity contribution in [3.05, 3.63) is 23.2 Å². The van der Waals surface area contributed by atoms with Gasteiger partial charge in [0.2, 0.25) is 0 Å². The Labute approximate surface area is 127 Å². The molecule has 0 saturated carbocycles. The van der Waals surface area contributed by atoms with Crippen LogP contribution in [0.5, 0.6) is 0 Å². The molecule has 19 heavy (non-hydrogen) atoms. The number of hydrogen-bond acceptors (Lipinski definition) is 3. The Morgan fingerprint density at radius 1 is 1.37 bits per heavy atom. The first kappa shape index (κ1) is 14.9. The van der Waals surface area contributed by atoms with E-state index in [2.05, 4.69) is 27.7 Å². The third-order valence-electron chi connectivity index (χ3n) is 2.94. The Morgan fingerprint density at radius 3 is 2.74 bits per heavy atom. The van der Waals surface area contributed by atoms with Crippen LogP contribution in [-0.2, 0) is 6.54 Å². The highest BCUT2D eigenvalue weighted by molar-refractivity contribution is 7.98. The van der Waals surface area contributed by atoms with E-state index in [1.54, 1.807) is 12.4 Å². The summed E-state index contributed by atoms with van der Waals surface area (Å²) in [7, 11) is 0. The van der Waals surface area contributed by atoms with Crippen molar-refractivity contribution in [1.82, 2.24) is 14.5 Å². The van der Waals surface area contributed by atoms with Crippen LogP contribution in [0.25, 0.3) is 11.0 Å². The van der Waals surface area contributed by atoms with Gasteiger partial charge in [0, 0.05) is 12.7 Å². The molecule has 2 unspecified atom stereocenters. The number of alkyl halides is 1. The van der Waals surface area contributed by atoms with Crippen LogP contribution in [0.1, 0.15) is 25.0 Å². The normalized spacial score (nSPS) is 14.8. The number of halogens is 2. The van der Waals surface area contributed by atoms with Crippen molar-refractivity contribution in [2.75, 3.05) is 12.0 Å². The van der Waals surface area contributed by atoms with Crippen LogP contribution in [0.3, 0.4) is 0 Å². The number of hydrogen-bond donors (Lipinski definition) is 0. The van der Waals surface area contributed by atoms with Gasteiger partial charge in [-0.15, -0.1) is 11.6 Å². The summed E-state index contributed by atoms with van der Waals surface area (Å²) >= 11 is 14.4. The molecule has 3 nitrogen and oxygen atoms in total. The van der Waals surface area contributed by atoms with Gasteiger partial charge in [0.05, 0.1) is 22.1 Å². The maximum atomic E-state index is 6.27. The van der Waals surface area contributed by atoms with Crippen LogP contribution in [0, 0.1) is 5.92 Å². The van der Waals surface area contributed by atoms with Gasteiger partial charge in [0.15, 0.2) is 0 Å². The first-order valence-electron chi connectivity index (χ1n) is 6.17. The number of nitrogens with zero attached hydrogens (tertiary/aromatic N) is 3. The lowest BCUT2D eigenvalue weighted by atomic mass is 10.2. The molecule has 0 aromatic carbocycles. The van der Waals surface area contributed by atoms with Gasteiger partial charge in [-0.2, -0.15) is 11.8 Å². The van der Waals surface area contributed by atoms with E-state index in [-0.39, 0.29) is 5.38 Å². The first-order chi connectivity index (χ1) is 9.04. The molecule has 0 bridgehead atoms. The Bertz CT molecular complexity index is 568. The van der Waals surface area contributed by atoms with E-state index in [0.717, 1.165) is 29.2 Å². The number of pyridine rings is 1. The second-order valence-corrected chi connectivity index (χ2v) is 6.72. The van der Waals surface area contributed by atoms with E-state index in [1.165, 1.54) is 0 Å². The second-order valence-electron chi connectivity index (χ2n) is 4.75. The lowest BCUT2D eigenvalue weighted by Crippen LogP contribution is -2.13. The lowest BCUT2D eigenvalue weighted by molar-refractivity contribution is 0.524. The summed E-state index contributed by atoms with van der Waals surface area (Å²) in [5.41, 5.74) is 1.75. The zero-order valence-corrected chi connectivity index (χ0v) is 13.6.